The van der Waals surface area contributed by atoms with Gasteiger partial charge >= 0.3 is 0 Å². The van der Waals surface area contributed by atoms with Crippen LogP contribution in [0, 0.1) is 11.6 Å². The fraction of sp³-hybridized carbons (Fsp3) is 0.423. The summed E-state index contributed by atoms with van der Waals surface area (Å²) in [4.78, 5) is 28.0. The number of hydrogen-bond donors (Lipinski definition) is 2. The summed E-state index contributed by atoms with van der Waals surface area (Å²) in [6, 6.07) is 8.30. The Balaban J connectivity index is 1.34. The minimum absolute atomic E-state index is 0.0467. The predicted octanol–water partition coefficient (Wildman–Crippen LogP) is 4.15. The Kier molecular flexibility index (Phi) is 7.41. The molecule has 1 amide bonds. The molecule has 196 valence electrons. The lowest BCUT2D eigenvalue weighted by Gasteiger charge is -2.38. The molecule has 2 N–H and O–H groups in total. The summed E-state index contributed by atoms with van der Waals surface area (Å²) in [5.74, 6) is -0.205. The van der Waals surface area contributed by atoms with E-state index in [9.17, 15) is 18.7 Å². The number of amides is 1. The van der Waals surface area contributed by atoms with Gasteiger partial charge in [0.25, 0.3) is 0 Å². The van der Waals surface area contributed by atoms with Gasteiger partial charge in [0.1, 0.15) is 17.5 Å². The van der Waals surface area contributed by atoms with Gasteiger partial charge in [0.2, 0.25) is 11.9 Å². The zero-order valence-corrected chi connectivity index (χ0v) is 21.3. The van der Waals surface area contributed by atoms with Gasteiger partial charge in [-0.3, -0.25) is 9.69 Å². The fourth-order valence-corrected chi connectivity index (χ4v) is 5.35. The number of hydrogen-bond acceptors (Lipinski definition) is 7. The standard InChI is InChI=1S/C26H29ClF2N6O2/c1-33(25(37)23-3-2-10-35(23)15-36)18-8-11-34(12-9-18)26-31-21-7-5-17(28)14-19(21)24(32-26)30-22-6-4-16(27)13-20(22)29/h4-7,13-14,18,23,36H,2-3,8-12,15H2,1H3,(H,30,31,32)/t23-/m0/s1. The van der Waals surface area contributed by atoms with Crippen LogP contribution in [0.5, 0.6) is 0 Å². The SMILES string of the molecule is CN(C(=O)[C@@H]1CCCN1CO)C1CCN(c2nc(Nc3ccc(Cl)cc3F)c3cc(F)ccc3n2)CC1. The molecule has 2 aliphatic rings. The number of anilines is 3. The Hall–Kier alpha value is -3.08. The molecule has 2 saturated heterocycles. The molecule has 0 spiro atoms. The summed E-state index contributed by atoms with van der Waals surface area (Å²) in [6.07, 6.45) is 3.13. The summed E-state index contributed by atoms with van der Waals surface area (Å²) in [5, 5.41) is 13.2. The third-order valence-corrected chi connectivity index (χ3v) is 7.54. The molecular weight excluding hydrogens is 502 g/mol. The van der Waals surface area contributed by atoms with Crippen molar-refractivity contribution in [3.63, 3.8) is 0 Å². The second kappa shape index (κ2) is 10.7. The number of piperidine rings is 1. The quantitative estimate of drug-likeness (QED) is 0.495. The van der Waals surface area contributed by atoms with Gasteiger partial charge in [-0.25, -0.2) is 13.8 Å². The van der Waals surface area contributed by atoms with E-state index in [0.717, 1.165) is 32.2 Å². The lowest BCUT2D eigenvalue weighted by atomic mass is 10.0. The molecule has 1 aromatic heterocycles. The third-order valence-electron chi connectivity index (χ3n) is 7.30. The molecular formula is C26H29ClF2N6O2. The number of aromatic nitrogens is 2. The van der Waals surface area contributed by atoms with Crippen LogP contribution in [-0.4, -0.2) is 76.3 Å². The van der Waals surface area contributed by atoms with Crippen LogP contribution in [0.1, 0.15) is 25.7 Å². The molecule has 1 atom stereocenters. The number of nitrogens with one attached hydrogen (secondary N) is 1. The molecule has 0 radical (unpaired) electrons. The number of aliphatic hydroxyl groups excluding tert-OH is 1. The van der Waals surface area contributed by atoms with E-state index in [-0.39, 0.29) is 35.4 Å². The molecule has 11 heteroatoms. The number of benzene rings is 2. The van der Waals surface area contributed by atoms with Crippen LogP contribution >= 0.6 is 11.6 Å². The molecule has 3 aromatic rings. The van der Waals surface area contributed by atoms with Crippen molar-refractivity contribution < 1.29 is 18.7 Å². The largest absolute Gasteiger partial charge is 0.381 e. The number of carbonyl (C=O) groups is 1. The first-order chi connectivity index (χ1) is 17.8. The molecule has 0 bridgehead atoms. The van der Waals surface area contributed by atoms with Crippen molar-refractivity contribution in [1.29, 1.82) is 0 Å². The number of carbonyl (C=O) groups excluding carboxylic acids is 1. The molecule has 8 nitrogen and oxygen atoms in total. The molecule has 0 unspecified atom stereocenters. The van der Waals surface area contributed by atoms with E-state index in [1.54, 1.807) is 12.1 Å². The smallest absolute Gasteiger partial charge is 0.239 e. The van der Waals surface area contributed by atoms with Gasteiger partial charge in [0, 0.05) is 43.1 Å². The molecule has 2 aliphatic heterocycles. The lowest BCUT2D eigenvalue weighted by molar-refractivity contribution is -0.138. The number of rotatable bonds is 6. The van der Waals surface area contributed by atoms with E-state index in [0.29, 0.717) is 35.8 Å². The Bertz CT molecular complexity index is 1300. The van der Waals surface area contributed by atoms with Gasteiger partial charge in [-0.2, -0.15) is 4.98 Å². The first kappa shape index (κ1) is 25.6. The zero-order valence-electron chi connectivity index (χ0n) is 20.5. The third kappa shape index (κ3) is 5.32. The van der Waals surface area contributed by atoms with Crippen molar-refractivity contribution in [2.24, 2.45) is 0 Å². The molecule has 5 rings (SSSR count). The van der Waals surface area contributed by atoms with E-state index in [4.69, 9.17) is 11.6 Å². The lowest BCUT2D eigenvalue weighted by Crippen LogP contribution is -2.51. The summed E-state index contributed by atoms with van der Waals surface area (Å²) in [7, 11) is 1.83. The van der Waals surface area contributed by atoms with Gasteiger partial charge < -0.3 is 20.2 Å². The minimum atomic E-state index is -0.548. The highest BCUT2D eigenvalue weighted by atomic mass is 35.5. The van der Waals surface area contributed by atoms with Crippen LogP contribution in [0.15, 0.2) is 36.4 Å². The van der Waals surface area contributed by atoms with E-state index in [1.165, 1.54) is 24.3 Å². The summed E-state index contributed by atoms with van der Waals surface area (Å²) >= 11 is 5.88. The van der Waals surface area contributed by atoms with Crippen LogP contribution < -0.4 is 10.2 Å². The van der Waals surface area contributed by atoms with Crippen LogP contribution in [-0.2, 0) is 4.79 Å². The molecule has 2 aromatic carbocycles. The topological polar surface area (TPSA) is 84.8 Å². The maximum absolute atomic E-state index is 14.5. The first-order valence-electron chi connectivity index (χ1n) is 12.4. The highest BCUT2D eigenvalue weighted by Crippen LogP contribution is 2.31. The second-order valence-electron chi connectivity index (χ2n) is 9.56. The maximum atomic E-state index is 14.5. The minimum Gasteiger partial charge on any atom is -0.381 e. The van der Waals surface area contributed by atoms with E-state index < -0.39 is 11.6 Å². The Morgan fingerprint density at radius 2 is 1.92 bits per heavy atom. The van der Waals surface area contributed by atoms with Crippen molar-refractivity contribution >= 4 is 45.9 Å². The molecule has 2 fully saturated rings. The number of likely N-dealkylation sites (N-methyl/N-ethyl adjacent to an activating group) is 1. The highest BCUT2D eigenvalue weighted by molar-refractivity contribution is 6.30. The van der Waals surface area contributed by atoms with Crippen LogP contribution in [0.2, 0.25) is 5.02 Å². The highest BCUT2D eigenvalue weighted by Gasteiger charge is 2.35. The summed E-state index contributed by atoms with van der Waals surface area (Å²) in [5.41, 5.74) is 0.699. The van der Waals surface area contributed by atoms with Crippen molar-refractivity contribution in [2.45, 2.75) is 37.8 Å². The van der Waals surface area contributed by atoms with Gasteiger partial charge in [-0.15, -0.1) is 0 Å². The predicted molar refractivity (Wildman–Crippen MR) is 139 cm³/mol. The van der Waals surface area contributed by atoms with Crippen molar-refractivity contribution in [1.82, 2.24) is 19.8 Å². The fourth-order valence-electron chi connectivity index (χ4n) is 5.19. The van der Waals surface area contributed by atoms with Gasteiger partial charge in [0.15, 0.2) is 0 Å². The summed E-state index contributed by atoms with van der Waals surface area (Å²) in [6.45, 7) is 1.87. The van der Waals surface area contributed by atoms with Crippen molar-refractivity contribution in [3.8, 4) is 0 Å². The molecule has 0 saturated carbocycles. The number of likely N-dealkylation sites (tertiary alicyclic amines) is 1. The maximum Gasteiger partial charge on any atom is 0.239 e. The van der Waals surface area contributed by atoms with Gasteiger partial charge in [-0.1, -0.05) is 11.6 Å². The normalized spacial score (nSPS) is 18.9. The monoisotopic (exact) mass is 530 g/mol. The van der Waals surface area contributed by atoms with Gasteiger partial charge in [0.05, 0.1) is 24.0 Å². The van der Waals surface area contributed by atoms with Crippen molar-refractivity contribution in [2.75, 3.05) is 43.6 Å². The number of nitrogens with zero attached hydrogens (tertiary/aromatic N) is 5. The zero-order chi connectivity index (χ0) is 26.1. The summed E-state index contributed by atoms with van der Waals surface area (Å²) < 4.78 is 28.5. The van der Waals surface area contributed by atoms with E-state index >= 15 is 0 Å². The Morgan fingerprint density at radius 3 is 2.65 bits per heavy atom. The average molecular weight is 531 g/mol. The van der Waals surface area contributed by atoms with Crippen LogP contribution in [0.4, 0.5) is 26.2 Å². The molecule has 0 aliphatic carbocycles. The Morgan fingerprint density at radius 1 is 1.14 bits per heavy atom. The molecule has 37 heavy (non-hydrogen) atoms. The van der Waals surface area contributed by atoms with Crippen LogP contribution in [0.25, 0.3) is 10.9 Å². The first-order valence-corrected chi connectivity index (χ1v) is 12.8. The van der Waals surface area contributed by atoms with Crippen molar-refractivity contribution in [3.05, 3.63) is 53.1 Å². The average Bonchev–Trinajstić information content (AvgIpc) is 3.38. The van der Waals surface area contributed by atoms with E-state index in [1.807, 2.05) is 21.7 Å². The van der Waals surface area contributed by atoms with Crippen LogP contribution in [0.3, 0.4) is 0 Å². The number of fused-ring (bicyclic) bond motifs is 1. The number of aliphatic hydroxyl groups is 1. The second-order valence-corrected chi connectivity index (χ2v) is 10.00. The van der Waals surface area contributed by atoms with Gasteiger partial charge in [-0.05, 0) is 62.1 Å². The Labute approximate surface area is 218 Å². The number of halogens is 3. The van der Waals surface area contributed by atoms with E-state index in [2.05, 4.69) is 15.3 Å². The molecule has 3 heterocycles.